The summed E-state index contributed by atoms with van der Waals surface area (Å²) in [6.45, 7) is 1.89. The molecule has 0 saturated carbocycles. The molecule has 0 atom stereocenters. The molecule has 2 heterocycles. The van der Waals surface area contributed by atoms with Gasteiger partial charge in [0.1, 0.15) is 5.69 Å². The Morgan fingerprint density at radius 2 is 2.00 bits per heavy atom. The molecule has 0 aromatic carbocycles. The van der Waals surface area contributed by atoms with Gasteiger partial charge in [0.05, 0.1) is 30.0 Å². The van der Waals surface area contributed by atoms with E-state index in [4.69, 9.17) is 5.73 Å². The third kappa shape index (κ3) is 1.35. The van der Waals surface area contributed by atoms with E-state index in [0.29, 0.717) is 5.69 Å². The largest absolute Gasteiger partial charge is 0.397 e. The smallest absolute Gasteiger partial charge is 0.109 e. The highest BCUT2D eigenvalue weighted by Gasteiger charge is 2.03. The summed E-state index contributed by atoms with van der Waals surface area (Å²) in [5, 5.41) is 8.00. The maximum absolute atomic E-state index is 5.60. The topological polar surface area (TPSA) is 69.6 Å². The van der Waals surface area contributed by atoms with Crippen LogP contribution in [0.2, 0.25) is 0 Å². The van der Waals surface area contributed by atoms with Crippen molar-refractivity contribution >= 4 is 5.69 Å². The Labute approximate surface area is 75.2 Å². The molecule has 5 heteroatoms. The fraction of sp³-hybridized carbons (Fsp3) is 0.125. The lowest BCUT2D eigenvalue weighted by molar-refractivity contribution is 0.742. The zero-order valence-electron chi connectivity index (χ0n) is 7.18. The molecule has 13 heavy (non-hydrogen) atoms. The number of pyridine rings is 1. The second kappa shape index (κ2) is 2.85. The summed E-state index contributed by atoms with van der Waals surface area (Å²) >= 11 is 0. The second-order valence-corrected chi connectivity index (χ2v) is 2.69. The summed E-state index contributed by atoms with van der Waals surface area (Å²) in [5.41, 5.74) is 7.87. The Bertz CT molecular complexity index is 406. The number of hydrogen-bond acceptors (Lipinski definition) is 4. The molecule has 5 nitrogen and oxygen atoms in total. The molecule has 2 N–H and O–H groups in total. The monoisotopic (exact) mass is 175 g/mol. The van der Waals surface area contributed by atoms with Crippen LogP contribution in [0.15, 0.2) is 24.7 Å². The zero-order chi connectivity index (χ0) is 9.26. The van der Waals surface area contributed by atoms with Gasteiger partial charge in [0.25, 0.3) is 0 Å². The van der Waals surface area contributed by atoms with E-state index in [1.807, 2.05) is 6.92 Å². The minimum absolute atomic E-state index is 0.609. The fourth-order valence-corrected chi connectivity index (χ4v) is 1.08. The molecule has 66 valence electrons. The van der Waals surface area contributed by atoms with Crippen LogP contribution in [0.1, 0.15) is 5.69 Å². The van der Waals surface area contributed by atoms with Crippen molar-refractivity contribution in [3.8, 4) is 5.69 Å². The molecule has 2 rings (SSSR count). The molecule has 0 aliphatic rings. The predicted octanol–water partition coefficient (Wildman–Crippen LogP) is 0.553. The molecule has 0 aliphatic carbocycles. The molecule has 2 aromatic heterocycles. The molecule has 0 aliphatic heterocycles. The molecular weight excluding hydrogens is 166 g/mol. The van der Waals surface area contributed by atoms with Crippen molar-refractivity contribution in [3.63, 3.8) is 0 Å². The highest BCUT2D eigenvalue weighted by Crippen LogP contribution is 2.11. The average molecular weight is 175 g/mol. The third-order valence-corrected chi connectivity index (χ3v) is 1.72. The molecule has 2 aromatic rings. The van der Waals surface area contributed by atoms with Crippen LogP contribution in [0.4, 0.5) is 5.69 Å². The van der Waals surface area contributed by atoms with Gasteiger partial charge >= 0.3 is 0 Å². The van der Waals surface area contributed by atoms with Gasteiger partial charge in [-0.15, -0.1) is 4.80 Å². The average Bonchev–Trinajstić information content (AvgIpc) is 2.61. The van der Waals surface area contributed by atoms with Gasteiger partial charge in [-0.3, -0.25) is 4.98 Å². The summed E-state index contributed by atoms with van der Waals surface area (Å²) in [6, 6.07) is 1.79. The van der Waals surface area contributed by atoms with E-state index in [0.717, 1.165) is 11.4 Å². The van der Waals surface area contributed by atoms with Crippen LogP contribution in [-0.2, 0) is 0 Å². The van der Waals surface area contributed by atoms with E-state index in [1.165, 1.54) is 4.80 Å². The van der Waals surface area contributed by atoms with Gasteiger partial charge in [0.15, 0.2) is 0 Å². The molecule has 0 fully saturated rings. The molecule has 0 spiro atoms. The van der Waals surface area contributed by atoms with Gasteiger partial charge in [0.2, 0.25) is 0 Å². The summed E-state index contributed by atoms with van der Waals surface area (Å²) in [5.74, 6) is 0. The van der Waals surface area contributed by atoms with Crippen molar-refractivity contribution in [2.75, 3.05) is 5.73 Å². The molecule has 0 radical (unpaired) electrons. The molecule has 0 unspecified atom stereocenters. The van der Waals surface area contributed by atoms with Crippen molar-refractivity contribution in [2.45, 2.75) is 6.92 Å². The van der Waals surface area contributed by atoms with E-state index < -0.39 is 0 Å². The van der Waals surface area contributed by atoms with Crippen LogP contribution in [-0.4, -0.2) is 20.0 Å². The van der Waals surface area contributed by atoms with Gasteiger partial charge in [-0.05, 0) is 13.0 Å². The molecule has 0 saturated heterocycles. The predicted molar refractivity (Wildman–Crippen MR) is 48.3 cm³/mol. The van der Waals surface area contributed by atoms with Crippen LogP contribution >= 0.6 is 0 Å². The summed E-state index contributed by atoms with van der Waals surface area (Å²) in [4.78, 5) is 5.61. The highest BCUT2D eigenvalue weighted by molar-refractivity contribution is 5.46. The molecule has 0 bridgehead atoms. The van der Waals surface area contributed by atoms with Gasteiger partial charge in [0, 0.05) is 0 Å². The van der Waals surface area contributed by atoms with Crippen molar-refractivity contribution in [3.05, 3.63) is 30.4 Å². The third-order valence-electron chi connectivity index (χ3n) is 1.72. The van der Waals surface area contributed by atoms with Gasteiger partial charge < -0.3 is 5.73 Å². The number of nitrogens with two attached hydrogens (primary N) is 1. The molecule has 0 amide bonds. The van der Waals surface area contributed by atoms with Gasteiger partial charge in [-0.25, -0.2) is 0 Å². The lowest BCUT2D eigenvalue weighted by Crippen LogP contribution is -2.03. The van der Waals surface area contributed by atoms with Crippen molar-refractivity contribution in [1.82, 2.24) is 20.0 Å². The van der Waals surface area contributed by atoms with Crippen LogP contribution < -0.4 is 5.73 Å². The number of anilines is 1. The summed E-state index contributed by atoms with van der Waals surface area (Å²) < 4.78 is 0. The minimum Gasteiger partial charge on any atom is -0.397 e. The Balaban J connectivity index is 2.57. The quantitative estimate of drug-likeness (QED) is 0.687. The van der Waals surface area contributed by atoms with Gasteiger partial charge in [-0.1, -0.05) is 0 Å². The first-order valence-electron chi connectivity index (χ1n) is 3.86. The normalized spacial score (nSPS) is 10.2. The maximum atomic E-state index is 5.60. The Kier molecular flexibility index (Phi) is 1.70. The van der Waals surface area contributed by atoms with E-state index in [9.17, 15) is 0 Å². The Morgan fingerprint density at radius 1 is 1.31 bits per heavy atom. The van der Waals surface area contributed by atoms with E-state index in [-0.39, 0.29) is 0 Å². The number of rotatable bonds is 1. The van der Waals surface area contributed by atoms with E-state index in [1.54, 1.807) is 24.7 Å². The lowest BCUT2D eigenvalue weighted by Gasteiger charge is -2.03. The minimum atomic E-state index is 0.609. The Morgan fingerprint density at radius 3 is 2.69 bits per heavy atom. The van der Waals surface area contributed by atoms with Crippen molar-refractivity contribution < 1.29 is 0 Å². The van der Waals surface area contributed by atoms with E-state index in [2.05, 4.69) is 15.2 Å². The first-order valence-corrected chi connectivity index (χ1v) is 3.86. The van der Waals surface area contributed by atoms with Crippen LogP contribution in [0.25, 0.3) is 5.69 Å². The van der Waals surface area contributed by atoms with Crippen molar-refractivity contribution in [2.24, 2.45) is 0 Å². The summed E-state index contributed by atoms with van der Waals surface area (Å²) in [6.07, 6.45) is 4.84. The number of aromatic nitrogens is 4. The number of hydrogen-bond donors (Lipinski definition) is 1. The van der Waals surface area contributed by atoms with E-state index >= 15 is 0 Å². The van der Waals surface area contributed by atoms with Crippen LogP contribution in [0.3, 0.4) is 0 Å². The Hall–Kier alpha value is -1.91. The second-order valence-electron chi connectivity index (χ2n) is 2.69. The highest BCUT2D eigenvalue weighted by atomic mass is 15.5. The number of nitrogen functional groups attached to an aromatic ring is 1. The van der Waals surface area contributed by atoms with Crippen LogP contribution in [0, 0.1) is 6.92 Å². The molecular formula is C8H9N5. The van der Waals surface area contributed by atoms with Crippen LogP contribution in [0.5, 0.6) is 0 Å². The number of nitrogens with zero attached hydrogens (tertiary/aromatic N) is 4. The first kappa shape index (κ1) is 7.72. The zero-order valence-corrected chi connectivity index (χ0v) is 7.18. The van der Waals surface area contributed by atoms with Crippen molar-refractivity contribution in [1.29, 1.82) is 0 Å². The summed E-state index contributed by atoms with van der Waals surface area (Å²) in [7, 11) is 0. The van der Waals surface area contributed by atoms with Gasteiger partial charge in [-0.2, -0.15) is 10.2 Å². The first-order chi connectivity index (χ1) is 6.27. The lowest BCUT2D eigenvalue weighted by atomic mass is 10.3. The SMILES string of the molecule is Cc1ncc(N)cc1-n1nccn1. The maximum Gasteiger partial charge on any atom is 0.109 e. The number of aryl methyl sites for hydroxylation is 1. The fourth-order valence-electron chi connectivity index (χ4n) is 1.08. The standard InChI is InChI=1S/C8H9N5/c1-6-8(4-7(9)5-10-6)13-11-2-3-12-13/h2-5H,9H2,1H3.